The summed E-state index contributed by atoms with van der Waals surface area (Å²) >= 11 is 0. The minimum atomic E-state index is -0.773. The first kappa shape index (κ1) is 72.1. The van der Waals surface area contributed by atoms with Crippen molar-refractivity contribution in [2.75, 3.05) is 13.2 Å². The number of hydrogen-bond donors (Lipinski definition) is 0. The summed E-state index contributed by atoms with van der Waals surface area (Å²) in [6.07, 6.45) is 81.0. The van der Waals surface area contributed by atoms with E-state index in [1.165, 1.54) is 218 Å². The van der Waals surface area contributed by atoms with E-state index in [0.717, 1.165) is 83.5 Å². The normalized spacial score (nSPS) is 12.4. The molecule has 0 amide bonds. The van der Waals surface area contributed by atoms with E-state index in [4.69, 9.17) is 14.2 Å². The first-order chi connectivity index (χ1) is 37.0. The smallest absolute Gasteiger partial charge is 0.306 e. The molecule has 0 aliphatic heterocycles. The van der Waals surface area contributed by atoms with Crippen LogP contribution in [-0.4, -0.2) is 37.2 Å². The molecular weight excluding hydrogens is 925 g/mol. The summed E-state index contributed by atoms with van der Waals surface area (Å²) in [6.45, 7) is 6.55. The molecule has 0 spiro atoms. The molecule has 0 saturated heterocycles. The van der Waals surface area contributed by atoms with Crippen molar-refractivity contribution in [3.8, 4) is 0 Å². The van der Waals surface area contributed by atoms with E-state index in [-0.39, 0.29) is 31.1 Å². The van der Waals surface area contributed by atoms with E-state index in [0.29, 0.717) is 19.3 Å². The number of carbonyl (C=O) groups is 3. The van der Waals surface area contributed by atoms with Gasteiger partial charge in [0, 0.05) is 19.3 Å². The van der Waals surface area contributed by atoms with Crippen LogP contribution in [0.3, 0.4) is 0 Å². The summed E-state index contributed by atoms with van der Waals surface area (Å²) in [4.78, 5) is 38.2. The van der Waals surface area contributed by atoms with Gasteiger partial charge < -0.3 is 14.2 Å². The monoisotopic (exact) mass is 1050 g/mol. The average Bonchev–Trinajstić information content (AvgIpc) is 3.41. The Labute approximate surface area is 466 Å². The quantitative estimate of drug-likeness (QED) is 0.0261. The zero-order valence-corrected chi connectivity index (χ0v) is 50.1. The second-order valence-corrected chi connectivity index (χ2v) is 22.0. The van der Waals surface area contributed by atoms with Gasteiger partial charge in [-0.15, -0.1) is 0 Å². The molecule has 6 heteroatoms. The Morgan fingerprint density at radius 1 is 0.280 bits per heavy atom. The fourth-order valence-corrected chi connectivity index (χ4v) is 9.61. The maximum absolute atomic E-state index is 12.9. The van der Waals surface area contributed by atoms with Crippen molar-refractivity contribution in [1.82, 2.24) is 0 Å². The standard InChI is InChI=1S/C69H124O6/c1-4-7-10-13-16-19-21-23-25-27-29-31-33-34-36-37-39-41-43-45-47-50-53-56-59-62-68(71)74-65-66(64-73-67(70)61-58-55-52-49-18-15-12-9-6-3)75-69(72)63-60-57-54-51-48-46-44-42-40-38-35-32-30-28-26-24-22-20-17-14-11-8-5-2/h7,10,16,19,23,25,28-31,66H,4-6,8-9,11-15,17-18,20-22,24,26-27,32-65H2,1-3H3/b10-7-,19-16-,25-23-,30-28-,31-29-. The van der Waals surface area contributed by atoms with Gasteiger partial charge in [-0.3, -0.25) is 14.4 Å². The molecule has 0 aromatic heterocycles. The van der Waals surface area contributed by atoms with Gasteiger partial charge in [0.2, 0.25) is 0 Å². The third kappa shape index (κ3) is 61.8. The number of ether oxygens (including phenoxy) is 3. The number of rotatable bonds is 60. The van der Waals surface area contributed by atoms with Gasteiger partial charge in [-0.1, -0.05) is 300 Å². The van der Waals surface area contributed by atoms with Gasteiger partial charge in [-0.2, -0.15) is 0 Å². The van der Waals surface area contributed by atoms with Gasteiger partial charge in [0.15, 0.2) is 6.10 Å². The number of unbranched alkanes of at least 4 members (excludes halogenated alkanes) is 39. The fourth-order valence-electron chi connectivity index (χ4n) is 9.61. The highest BCUT2D eigenvalue weighted by Gasteiger charge is 2.19. The van der Waals surface area contributed by atoms with Crippen molar-refractivity contribution in [2.24, 2.45) is 0 Å². The molecule has 0 fully saturated rings. The first-order valence-corrected chi connectivity index (χ1v) is 32.8. The van der Waals surface area contributed by atoms with Crippen LogP contribution in [-0.2, 0) is 28.6 Å². The zero-order chi connectivity index (χ0) is 54.3. The van der Waals surface area contributed by atoms with Gasteiger partial charge in [0.05, 0.1) is 0 Å². The largest absolute Gasteiger partial charge is 0.462 e. The second kappa shape index (κ2) is 63.6. The lowest BCUT2D eigenvalue weighted by atomic mass is 10.0. The number of allylic oxidation sites excluding steroid dienone is 10. The summed E-state index contributed by atoms with van der Waals surface area (Å²) < 4.78 is 16.9. The maximum Gasteiger partial charge on any atom is 0.306 e. The Balaban J connectivity index is 4.18. The molecule has 0 heterocycles. The van der Waals surface area contributed by atoms with E-state index in [9.17, 15) is 14.4 Å². The van der Waals surface area contributed by atoms with Crippen LogP contribution in [0.25, 0.3) is 0 Å². The van der Waals surface area contributed by atoms with Gasteiger partial charge >= 0.3 is 17.9 Å². The van der Waals surface area contributed by atoms with E-state index in [1.807, 2.05) is 0 Å². The Morgan fingerprint density at radius 2 is 0.520 bits per heavy atom. The molecule has 0 rings (SSSR count). The van der Waals surface area contributed by atoms with E-state index < -0.39 is 6.10 Å². The van der Waals surface area contributed by atoms with Crippen LogP contribution in [0.1, 0.15) is 342 Å². The second-order valence-electron chi connectivity index (χ2n) is 22.0. The Bertz CT molecular complexity index is 1340. The molecular formula is C69H124O6. The molecule has 0 saturated carbocycles. The highest BCUT2D eigenvalue weighted by atomic mass is 16.6. The van der Waals surface area contributed by atoms with Crippen molar-refractivity contribution in [2.45, 2.75) is 348 Å². The molecule has 0 bridgehead atoms. The van der Waals surface area contributed by atoms with E-state index in [1.54, 1.807) is 0 Å². The zero-order valence-electron chi connectivity index (χ0n) is 50.1. The molecule has 0 aliphatic rings. The van der Waals surface area contributed by atoms with Crippen molar-refractivity contribution >= 4 is 17.9 Å². The summed E-state index contributed by atoms with van der Waals surface area (Å²) in [5, 5.41) is 0. The lowest BCUT2D eigenvalue weighted by molar-refractivity contribution is -0.167. The maximum atomic E-state index is 12.9. The highest BCUT2D eigenvalue weighted by Crippen LogP contribution is 2.17. The average molecular weight is 1050 g/mol. The van der Waals surface area contributed by atoms with Crippen LogP contribution < -0.4 is 0 Å². The van der Waals surface area contributed by atoms with Crippen LogP contribution >= 0.6 is 0 Å². The molecule has 0 radical (unpaired) electrons. The predicted octanol–water partition coefficient (Wildman–Crippen LogP) is 22.3. The Hall–Kier alpha value is -2.89. The van der Waals surface area contributed by atoms with Crippen molar-refractivity contribution < 1.29 is 28.6 Å². The minimum absolute atomic E-state index is 0.0710. The number of esters is 3. The molecule has 436 valence electrons. The van der Waals surface area contributed by atoms with Crippen LogP contribution in [0.15, 0.2) is 60.8 Å². The van der Waals surface area contributed by atoms with Crippen LogP contribution in [0, 0.1) is 0 Å². The molecule has 0 aliphatic carbocycles. The van der Waals surface area contributed by atoms with Gasteiger partial charge in [0.25, 0.3) is 0 Å². The predicted molar refractivity (Wildman–Crippen MR) is 325 cm³/mol. The van der Waals surface area contributed by atoms with Crippen molar-refractivity contribution in [3.63, 3.8) is 0 Å². The highest BCUT2D eigenvalue weighted by molar-refractivity contribution is 5.71. The third-order valence-electron chi connectivity index (χ3n) is 14.5. The van der Waals surface area contributed by atoms with E-state index >= 15 is 0 Å². The minimum Gasteiger partial charge on any atom is -0.462 e. The lowest BCUT2D eigenvalue weighted by Crippen LogP contribution is -2.30. The molecule has 0 N–H and O–H groups in total. The van der Waals surface area contributed by atoms with Crippen LogP contribution in [0.4, 0.5) is 0 Å². The summed E-state index contributed by atoms with van der Waals surface area (Å²) in [5.74, 6) is -0.858. The Morgan fingerprint density at radius 3 is 0.827 bits per heavy atom. The molecule has 0 aromatic rings. The lowest BCUT2D eigenvalue weighted by Gasteiger charge is -2.18. The van der Waals surface area contributed by atoms with Crippen LogP contribution in [0.5, 0.6) is 0 Å². The SMILES string of the molecule is CC/C=C\C/C=C\C/C=C\C/C=C\CCCCCCCCCCCCCCC(=O)OCC(COC(=O)CCCCCCCCCCC)OC(=O)CCCCCCCCCCCCC/C=C\CCCCCCCCCC. The summed E-state index contributed by atoms with van der Waals surface area (Å²) in [7, 11) is 0. The molecule has 75 heavy (non-hydrogen) atoms. The van der Waals surface area contributed by atoms with Crippen molar-refractivity contribution in [1.29, 1.82) is 0 Å². The fraction of sp³-hybridized carbons (Fsp3) is 0.812. The number of carbonyl (C=O) groups excluding carboxylic acids is 3. The first-order valence-electron chi connectivity index (χ1n) is 32.8. The molecule has 1 atom stereocenters. The topological polar surface area (TPSA) is 78.9 Å². The molecule has 1 unspecified atom stereocenters. The summed E-state index contributed by atoms with van der Waals surface area (Å²) in [6, 6.07) is 0. The van der Waals surface area contributed by atoms with Gasteiger partial charge in [-0.05, 0) is 83.5 Å². The summed E-state index contributed by atoms with van der Waals surface area (Å²) in [5.41, 5.74) is 0. The molecule has 6 nitrogen and oxygen atoms in total. The Kier molecular flexibility index (Phi) is 61.2. The van der Waals surface area contributed by atoms with Crippen molar-refractivity contribution in [3.05, 3.63) is 60.8 Å². The third-order valence-corrected chi connectivity index (χ3v) is 14.5. The van der Waals surface area contributed by atoms with E-state index in [2.05, 4.69) is 81.5 Å². The van der Waals surface area contributed by atoms with Crippen LogP contribution in [0.2, 0.25) is 0 Å². The number of hydrogen-bond acceptors (Lipinski definition) is 6. The van der Waals surface area contributed by atoms with Gasteiger partial charge in [0.1, 0.15) is 13.2 Å². The molecule has 0 aromatic carbocycles. The van der Waals surface area contributed by atoms with Gasteiger partial charge in [-0.25, -0.2) is 0 Å².